The summed E-state index contributed by atoms with van der Waals surface area (Å²) in [6.07, 6.45) is 0. The lowest BCUT2D eigenvalue weighted by atomic mass is 10.2. The third-order valence-corrected chi connectivity index (χ3v) is 5.74. The minimum Gasteiger partial charge on any atom is -0.368 e. The first-order chi connectivity index (χ1) is 11.6. The highest BCUT2D eigenvalue weighted by molar-refractivity contribution is 9.10. The van der Waals surface area contributed by atoms with Crippen molar-refractivity contribution in [2.45, 2.75) is 4.90 Å². The largest absolute Gasteiger partial charge is 0.368 e. The first-order valence-corrected chi connectivity index (χ1v) is 9.94. The van der Waals surface area contributed by atoms with E-state index < -0.39 is 0 Å². The first-order valence-electron chi connectivity index (χ1n) is 7.78. The molecule has 1 saturated heterocycles. The third kappa shape index (κ3) is 4.68. The molecule has 0 N–H and O–H groups in total. The zero-order chi connectivity index (χ0) is 16.9. The number of halogens is 2. The van der Waals surface area contributed by atoms with Gasteiger partial charge < -0.3 is 9.80 Å². The summed E-state index contributed by atoms with van der Waals surface area (Å²) in [7, 11) is 0. The zero-order valence-corrected chi connectivity index (χ0v) is 16.3. The fourth-order valence-electron chi connectivity index (χ4n) is 2.65. The van der Waals surface area contributed by atoms with Crippen LogP contribution in [-0.4, -0.2) is 42.7 Å². The quantitative estimate of drug-likeness (QED) is 0.672. The van der Waals surface area contributed by atoms with Gasteiger partial charge in [0.1, 0.15) is 0 Å². The van der Waals surface area contributed by atoms with Crippen molar-refractivity contribution in [1.82, 2.24) is 4.90 Å². The number of hydrogen-bond donors (Lipinski definition) is 0. The van der Waals surface area contributed by atoms with E-state index in [2.05, 4.69) is 26.9 Å². The second-order valence-electron chi connectivity index (χ2n) is 5.59. The number of rotatable bonds is 4. The minimum absolute atomic E-state index is 0.202. The van der Waals surface area contributed by atoms with Gasteiger partial charge in [-0.3, -0.25) is 4.79 Å². The number of amides is 1. The van der Waals surface area contributed by atoms with E-state index in [0.29, 0.717) is 5.75 Å². The maximum atomic E-state index is 12.4. The predicted molar refractivity (Wildman–Crippen MR) is 105 cm³/mol. The van der Waals surface area contributed by atoms with E-state index in [0.717, 1.165) is 46.3 Å². The summed E-state index contributed by atoms with van der Waals surface area (Å²) >= 11 is 11.1. The molecule has 0 atom stereocenters. The van der Waals surface area contributed by atoms with Crippen LogP contribution in [0.4, 0.5) is 5.69 Å². The Balaban J connectivity index is 1.49. The van der Waals surface area contributed by atoms with Crippen LogP contribution in [0.5, 0.6) is 0 Å². The SMILES string of the molecule is O=C(CSc1ccc(Br)cc1)N1CCN(c2cccc(Cl)c2)CC1. The topological polar surface area (TPSA) is 23.6 Å². The van der Waals surface area contributed by atoms with Gasteiger partial charge in [-0.05, 0) is 42.5 Å². The molecule has 0 radical (unpaired) electrons. The monoisotopic (exact) mass is 424 g/mol. The third-order valence-electron chi connectivity index (χ3n) is 3.98. The Hall–Kier alpha value is -1.17. The van der Waals surface area contributed by atoms with Gasteiger partial charge in [-0.25, -0.2) is 0 Å². The average molecular weight is 426 g/mol. The zero-order valence-electron chi connectivity index (χ0n) is 13.1. The Bertz CT molecular complexity index is 702. The summed E-state index contributed by atoms with van der Waals surface area (Å²) in [5.74, 6) is 0.687. The molecule has 126 valence electrons. The highest BCUT2D eigenvalue weighted by atomic mass is 79.9. The fourth-order valence-corrected chi connectivity index (χ4v) is 3.90. The molecule has 0 aliphatic carbocycles. The van der Waals surface area contributed by atoms with Gasteiger partial charge >= 0.3 is 0 Å². The molecule has 0 unspecified atom stereocenters. The summed E-state index contributed by atoms with van der Waals surface area (Å²) in [5, 5.41) is 0.747. The van der Waals surface area contributed by atoms with E-state index in [1.165, 1.54) is 0 Å². The van der Waals surface area contributed by atoms with E-state index >= 15 is 0 Å². The molecule has 1 amide bonds. The van der Waals surface area contributed by atoms with Gasteiger partial charge in [0.05, 0.1) is 5.75 Å². The van der Waals surface area contributed by atoms with E-state index in [-0.39, 0.29) is 5.91 Å². The summed E-state index contributed by atoms with van der Waals surface area (Å²) in [4.78, 5) is 17.7. The summed E-state index contributed by atoms with van der Waals surface area (Å²) in [5.41, 5.74) is 1.12. The maximum absolute atomic E-state index is 12.4. The van der Waals surface area contributed by atoms with Crippen LogP contribution in [0.15, 0.2) is 57.9 Å². The van der Waals surface area contributed by atoms with Crippen LogP contribution in [0.25, 0.3) is 0 Å². The van der Waals surface area contributed by atoms with Crippen molar-refractivity contribution >= 4 is 50.9 Å². The Labute approximate surface area is 160 Å². The van der Waals surface area contributed by atoms with Crippen LogP contribution in [-0.2, 0) is 4.79 Å². The number of hydrogen-bond acceptors (Lipinski definition) is 3. The van der Waals surface area contributed by atoms with Gasteiger partial charge in [-0.2, -0.15) is 0 Å². The van der Waals surface area contributed by atoms with E-state index in [1.807, 2.05) is 47.4 Å². The number of anilines is 1. The molecule has 24 heavy (non-hydrogen) atoms. The van der Waals surface area contributed by atoms with Crippen LogP contribution < -0.4 is 4.90 Å². The van der Waals surface area contributed by atoms with E-state index in [4.69, 9.17) is 11.6 Å². The molecular weight excluding hydrogens is 408 g/mol. The lowest BCUT2D eigenvalue weighted by Gasteiger charge is -2.36. The first kappa shape index (κ1) is 17.6. The van der Waals surface area contributed by atoms with Gasteiger partial charge in [0.25, 0.3) is 0 Å². The van der Waals surface area contributed by atoms with Gasteiger partial charge in [-0.1, -0.05) is 33.6 Å². The van der Waals surface area contributed by atoms with Crippen molar-refractivity contribution < 1.29 is 4.79 Å². The van der Waals surface area contributed by atoms with Gasteiger partial charge in [0.2, 0.25) is 5.91 Å². The highest BCUT2D eigenvalue weighted by Crippen LogP contribution is 2.23. The van der Waals surface area contributed by atoms with Crippen molar-refractivity contribution in [1.29, 1.82) is 0 Å². The minimum atomic E-state index is 0.202. The molecule has 0 aromatic heterocycles. The van der Waals surface area contributed by atoms with Crippen LogP contribution >= 0.6 is 39.3 Å². The summed E-state index contributed by atoms with van der Waals surface area (Å²) in [6, 6.07) is 15.9. The maximum Gasteiger partial charge on any atom is 0.233 e. The molecule has 2 aromatic carbocycles. The van der Waals surface area contributed by atoms with Crippen molar-refractivity contribution in [3.63, 3.8) is 0 Å². The molecule has 1 aliphatic heterocycles. The Morgan fingerprint density at radius 3 is 2.46 bits per heavy atom. The molecule has 3 nitrogen and oxygen atoms in total. The fraction of sp³-hybridized carbons (Fsp3) is 0.278. The summed E-state index contributed by atoms with van der Waals surface area (Å²) in [6.45, 7) is 3.20. The molecule has 0 bridgehead atoms. The number of thioether (sulfide) groups is 1. The summed E-state index contributed by atoms with van der Waals surface area (Å²) < 4.78 is 1.05. The van der Waals surface area contributed by atoms with E-state index in [9.17, 15) is 4.79 Å². The number of carbonyl (C=O) groups excluding carboxylic acids is 1. The number of nitrogens with zero attached hydrogens (tertiary/aromatic N) is 2. The molecule has 1 fully saturated rings. The molecule has 3 rings (SSSR count). The second-order valence-corrected chi connectivity index (χ2v) is 7.99. The number of piperazine rings is 1. The van der Waals surface area contributed by atoms with E-state index in [1.54, 1.807) is 11.8 Å². The average Bonchev–Trinajstić information content (AvgIpc) is 2.61. The van der Waals surface area contributed by atoms with Crippen LogP contribution in [0.3, 0.4) is 0 Å². The molecule has 2 aromatic rings. The lowest BCUT2D eigenvalue weighted by molar-refractivity contribution is -0.128. The van der Waals surface area contributed by atoms with Crippen molar-refractivity contribution in [3.05, 3.63) is 58.0 Å². The molecular formula is C18H18BrClN2OS. The Kier molecular flexibility index (Phi) is 6.09. The Morgan fingerprint density at radius 2 is 1.79 bits per heavy atom. The molecule has 6 heteroatoms. The molecule has 1 aliphatic rings. The lowest BCUT2D eigenvalue weighted by Crippen LogP contribution is -2.49. The van der Waals surface area contributed by atoms with Crippen molar-refractivity contribution in [2.75, 3.05) is 36.8 Å². The second kappa shape index (κ2) is 8.28. The van der Waals surface area contributed by atoms with Gasteiger partial charge in [0, 0.05) is 46.3 Å². The molecule has 0 saturated carbocycles. The van der Waals surface area contributed by atoms with Crippen molar-refractivity contribution in [2.24, 2.45) is 0 Å². The normalized spacial score (nSPS) is 14.8. The van der Waals surface area contributed by atoms with Crippen molar-refractivity contribution in [3.8, 4) is 0 Å². The number of benzene rings is 2. The predicted octanol–water partition coefficient (Wildman–Crippen LogP) is 4.54. The van der Waals surface area contributed by atoms with Gasteiger partial charge in [-0.15, -0.1) is 11.8 Å². The standard InChI is InChI=1S/C18H18BrClN2OS/c19-14-4-6-17(7-5-14)24-13-18(23)22-10-8-21(9-11-22)16-3-1-2-15(20)12-16/h1-7,12H,8-11,13H2. The highest BCUT2D eigenvalue weighted by Gasteiger charge is 2.21. The Morgan fingerprint density at radius 1 is 1.08 bits per heavy atom. The molecule has 0 spiro atoms. The van der Waals surface area contributed by atoms with Crippen LogP contribution in [0.2, 0.25) is 5.02 Å². The van der Waals surface area contributed by atoms with Crippen LogP contribution in [0, 0.1) is 0 Å². The smallest absolute Gasteiger partial charge is 0.233 e. The van der Waals surface area contributed by atoms with Crippen LogP contribution in [0.1, 0.15) is 0 Å². The number of carbonyl (C=O) groups is 1. The molecule has 1 heterocycles. The van der Waals surface area contributed by atoms with Gasteiger partial charge in [0.15, 0.2) is 0 Å².